The maximum Gasteiger partial charge on any atom is 0.325 e. The van der Waals surface area contributed by atoms with E-state index in [0.29, 0.717) is 0 Å². The molecule has 0 aliphatic carbocycles. The molecule has 0 unspecified atom stereocenters. The quantitative estimate of drug-likeness (QED) is 0.407. The third kappa shape index (κ3) is 3.26. The lowest BCUT2D eigenvalue weighted by atomic mass is 10.1. The first-order valence-corrected chi connectivity index (χ1v) is 6.38. The molecule has 2 heterocycles. The van der Waals surface area contributed by atoms with Crippen LogP contribution in [0.5, 0.6) is 0 Å². The highest BCUT2D eigenvalue weighted by Gasteiger charge is 2.44. The van der Waals surface area contributed by atoms with E-state index < -0.39 is 37.1 Å². The lowest BCUT2D eigenvalue weighted by Crippen LogP contribution is -2.33. The van der Waals surface area contributed by atoms with Crippen LogP contribution in [0.4, 0.5) is 5.95 Å². The van der Waals surface area contributed by atoms with Crippen molar-refractivity contribution in [3.63, 3.8) is 0 Å². The summed E-state index contributed by atoms with van der Waals surface area (Å²) in [6.45, 7) is 1.31. The predicted molar refractivity (Wildman–Crippen MR) is 65.9 cm³/mol. The van der Waals surface area contributed by atoms with Gasteiger partial charge < -0.3 is 30.1 Å². The van der Waals surface area contributed by atoms with Gasteiger partial charge in [-0.15, -0.1) is 0 Å². The third-order valence-corrected chi connectivity index (χ3v) is 2.95. The van der Waals surface area contributed by atoms with Crippen LogP contribution in [-0.4, -0.2) is 79.6 Å². The van der Waals surface area contributed by atoms with Crippen molar-refractivity contribution >= 4 is 11.9 Å². The zero-order chi connectivity index (χ0) is 15.4. The molecule has 2 rings (SSSR count). The van der Waals surface area contributed by atoms with Crippen molar-refractivity contribution in [2.75, 3.05) is 25.1 Å². The van der Waals surface area contributed by atoms with Crippen LogP contribution >= 0.6 is 0 Å². The minimum atomic E-state index is -1.31. The number of aliphatic hydroxyl groups excluding tert-OH is 3. The molecular weight excluding hydrogens is 286 g/mol. The van der Waals surface area contributed by atoms with Crippen LogP contribution in [0.15, 0.2) is 0 Å². The maximum absolute atomic E-state index is 11.3. The lowest BCUT2D eigenvalue weighted by molar-refractivity contribution is -0.140. The molecule has 0 bridgehead atoms. The summed E-state index contributed by atoms with van der Waals surface area (Å²) in [6, 6.07) is 0. The topological polar surface area (TPSA) is 152 Å². The van der Waals surface area contributed by atoms with Gasteiger partial charge >= 0.3 is 5.97 Å². The highest BCUT2D eigenvalue weighted by Crippen LogP contribution is 2.29. The van der Waals surface area contributed by atoms with E-state index in [1.807, 2.05) is 0 Å². The van der Waals surface area contributed by atoms with Crippen molar-refractivity contribution in [1.29, 1.82) is 0 Å². The Morgan fingerprint density at radius 1 is 1.48 bits per heavy atom. The van der Waals surface area contributed by atoms with Gasteiger partial charge in [0.25, 0.3) is 0 Å². The molecule has 1 fully saturated rings. The average molecular weight is 303 g/mol. The Morgan fingerprint density at radius 3 is 2.86 bits per heavy atom. The summed E-state index contributed by atoms with van der Waals surface area (Å²) in [5, 5.41) is 42.0. The highest BCUT2D eigenvalue weighted by atomic mass is 16.6. The van der Waals surface area contributed by atoms with Crippen LogP contribution in [0, 0.1) is 0 Å². The normalized spacial score (nSPS) is 28.6. The number of tetrazole rings is 1. The Balaban J connectivity index is 2.05. The van der Waals surface area contributed by atoms with Gasteiger partial charge in [-0.2, -0.15) is 4.68 Å². The van der Waals surface area contributed by atoms with Crippen LogP contribution < -0.4 is 5.32 Å². The standard InChI is InChI=1S/C10H17N5O6/c1-2-20-6(17)3-11-10-12-13-14-15(10)9-8(19)7(18)5(4-16)21-9/h5,7-9,16,18-19H,2-4H2,1H3,(H,11,12,14)/t5-,7+,8-,9-/m0/s1. The average Bonchev–Trinajstić information content (AvgIpc) is 3.03. The van der Waals surface area contributed by atoms with Gasteiger partial charge in [0.15, 0.2) is 6.23 Å². The number of anilines is 1. The fourth-order valence-corrected chi connectivity index (χ4v) is 1.93. The van der Waals surface area contributed by atoms with E-state index in [1.54, 1.807) is 6.92 Å². The first-order chi connectivity index (χ1) is 10.1. The summed E-state index contributed by atoms with van der Waals surface area (Å²) < 4.78 is 11.1. The number of carbonyl (C=O) groups excluding carboxylic acids is 1. The molecule has 11 heteroatoms. The predicted octanol–water partition coefficient (Wildman–Crippen LogP) is -2.74. The smallest absolute Gasteiger partial charge is 0.325 e. The monoisotopic (exact) mass is 303 g/mol. The first-order valence-electron chi connectivity index (χ1n) is 6.38. The van der Waals surface area contributed by atoms with E-state index in [1.165, 1.54) is 0 Å². The highest BCUT2D eigenvalue weighted by molar-refractivity contribution is 5.74. The second-order valence-electron chi connectivity index (χ2n) is 4.33. The van der Waals surface area contributed by atoms with Gasteiger partial charge in [-0.1, -0.05) is 5.10 Å². The van der Waals surface area contributed by atoms with Crippen molar-refractivity contribution in [2.24, 2.45) is 0 Å². The van der Waals surface area contributed by atoms with E-state index in [2.05, 4.69) is 20.8 Å². The fourth-order valence-electron chi connectivity index (χ4n) is 1.93. The Hall–Kier alpha value is -1.82. The van der Waals surface area contributed by atoms with Crippen molar-refractivity contribution in [3.05, 3.63) is 0 Å². The van der Waals surface area contributed by atoms with Gasteiger partial charge in [-0.05, 0) is 17.4 Å². The summed E-state index contributed by atoms with van der Waals surface area (Å²) in [5.41, 5.74) is 0. The van der Waals surface area contributed by atoms with Gasteiger partial charge in [0.1, 0.15) is 24.9 Å². The summed E-state index contributed by atoms with van der Waals surface area (Å²) in [6.07, 6.45) is -4.58. The van der Waals surface area contributed by atoms with Crippen molar-refractivity contribution in [1.82, 2.24) is 20.2 Å². The number of carbonyl (C=O) groups is 1. The summed E-state index contributed by atoms with van der Waals surface area (Å²) in [4.78, 5) is 11.3. The minimum absolute atomic E-state index is 0.0675. The third-order valence-electron chi connectivity index (χ3n) is 2.95. The number of nitrogens with one attached hydrogen (secondary N) is 1. The number of nitrogens with zero attached hydrogens (tertiary/aromatic N) is 4. The maximum atomic E-state index is 11.3. The molecule has 1 saturated heterocycles. The molecule has 1 aliphatic heterocycles. The number of esters is 1. The lowest BCUT2D eigenvalue weighted by Gasteiger charge is -2.16. The molecule has 0 aromatic carbocycles. The largest absolute Gasteiger partial charge is 0.465 e. The minimum Gasteiger partial charge on any atom is -0.465 e. The summed E-state index contributed by atoms with van der Waals surface area (Å²) in [7, 11) is 0. The SMILES string of the molecule is CCOC(=O)CNc1nnnn1[C@H]1O[C@@H](CO)[C@@H](O)[C@@H]1O. The molecule has 11 nitrogen and oxygen atoms in total. The second kappa shape index (κ2) is 6.76. The molecule has 0 radical (unpaired) electrons. The molecule has 0 amide bonds. The number of hydrogen-bond donors (Lipinski definition) is 4. The van der Waals surface area contributed by atoms with Crippen LogP contribution in [0.3, 0.4) is 0 Å². The number of aromatic nitrogens is 4. The van der Waals surface area contributed by atoms with E-state index in [4.69, 9.17) is 14.6 Å². The van der Waals surface area contributed by atoms with Gasteiger partial charge in [-0.3, -0.25) is 4.79 Å². The van der Waals surface area contributed by atoms with Crippen molar-refractivity contribution in [3.8, 4) is 0 Å². The van der Waals surface area contributed by atoms with Crippen molar-refractivity contribution < 1.29 is 29.6 Å². The Kier molecular flexibility index (Phi) is 5.01. The van der Waals surface area contributed by atoms with Crippen LogP contribution in [0.25, 0.3) is 0 Å². The van der Waals surface area contributed by atoms with Gasteiger partial charge in [-0.25, -0.2) is 0 Å². The summed E-state index contributed by atoms with van der Waals surface area (Å²) in [5.74, 6) is -0.425. The van der Waals surface area contributed by atoms with E-state index in [-0.39, 0.29) is 19.1 Å². The van der Waals surface area contributed by atoms with Crippen molar-refractivity contribution in [2.45, 2.75) is 31.5 Å². The molecule has 4 N–H and O–H groups in total. The van der Waals surface area contributed by atoms with E-state index in [9.17, 15) is 15.0 Å². The van der Waals surface area contributed by atoms with Crippen LogP contribution in [-0.2, 0) is 14.3 Å². The molecule has 118 valence electrons. The Labute approximate surface area is 119 Å². The number of aliphatic hydroxyl groups is 3. The fraction of sp³-hybridized carbons (Fsp3) is 0.800. The van der Waals surface area contributed by atoms with Crippen LogP contribution in [0.1, 0.15) is 13.2 Å². The Bertz CT molecular complexity index is 482. The summed E-state index contributed by atoms with van der Waals surface area (Å²) >= 11 is 0. The van der Waals surface area contributed by atoms with Crippen LogP contribution in [0.2, 0.25) is 0 Å². The molecule has 0 saturated carbocycles. The molecule has 1 aliphatic rings. The molecule has 1 aromatic heterocycles. The van der Waals surface area contributed by atoms with E-state index in [0.717, 1.165) is 4.68 Å². The molecule has 21 heavy (non-hydrogen) atoms. The zero-order valence-corrected chi connectivity index (χ0v) is 11.3. The van der Waals surface area contributed by atoms with Gasteiger partial charge in [0.2, 0.25) is 5.95 Å². The number of ether oxygens (including phenoxy) is 2. The van der Waals surface area contributed by atoms with Gasteiger partial charge in [0, 0.05) is 0 Å². The number of hydrogen-bond acceptors (Lipinski definition) is 10. The van der Waals surface area contributed by atoms with Gasteiger partial charge in [0.05, 0.1) is 13.2 Å². The molecule has 0 spiro atoms. The first kappa shape index (κ1) is 15.6. The molecule has 1 aromatic rings. The Morgan fingerprint density at radius 2 is 2.24 bits per heavy atom. The molecular formula is C10H17N5O6. The second-order valence-corrected chi connectivity index (χ2v) is 4.33. The molecule has 4 atom stereocenters. The number of rotatable bonds is 6. The zero-order valence-electron chi connectivity index (χ0n) is 11.3. The van der Waals surface area contributed by atoms with E-state index >= 15 is 0 Å².